The van der Waals surface area contributed by atoms with Crippen LogP contribution in [-0.2, 0) is 16.1 Å². The van der Waals surface area contributed by atoms with Crippen molar-refractivity contribution in [2.24, 2.45) is 0 Å². The maximum Gasteiger partial charge on any atom is 0.326 e. The van der Waals surface area contributed by atoms with Gasteiger partial charge in [0.25, 0.3) is 0 Å². The van der Waals surface area contributed by atoms with E-state index in [0.717, 1.165) is 5.56 Å². The summed E-state index contributed by atoms with van der Waals surface area (Å²) in [5.74, 6) is -0.797. The Morgan fingerprint density at radius 3 is 2.33 bits per heavy atom. The van der Waals surface area contributed by atoms with Crippen molar-refractivity contribution < 1.29 is 18.7 Å². The van der Waals surface area contributed by atoms with Crippen molar-refractivity contribution in [3.8, 4) is 0 Å². The summed E-state index contributed by atoms with van der Waals surface area (Å²) in [6.45, 7) is 5.42. The van der Waals surface area contributed by atoms with E-state index < -0.39 is 17.6 Å². The highest BCUT2D eigenvalue weighted by atomic mass is 19.1. The lowest BCUT2D eigenvalue weighted by molar-refractivity contribution is -0.155. The number of esters is 1. The third-order valence-corrected chi connectivity index (χ3v) is 2.49. The molecule has 0 aliphatic rings. The minimum absolute atomic E-state index is 0.132. The summed E-state index contributed by atoms with van der Waals surface area (Å²) in [6, 6.07) is 5.43. The lowest BCUT2D eigenvalue weighted by atomic mass is 10.2. The van der Waals surface area contributed by atoms with Crippen molar-refractivity contribution in [2.75, 3.05) is 13.6 Å². The largest absolute Gasteiger partial charge is 0.459 e. The minimum Gasteiger partial charge on any atom is -0.459 e. The monoisotopic (exact) mass is 296 g/mol. The van der Waals surface area contributed by atoms with Crippen LogP contribution in [0.5, 0.6) is 0 Å². The fourth-order valence-corrected chi connectivity index (χ4v) is 1.55. The number of nitrogens with zero attached hydrogens (tertiary/aromatic N) is 1. The molecule has 0 saturated carbocycles. The van der Waals surface area contributed by atoms with Crippen LogP contribution in [0.15, 0.2) is 24.3 Å². The Morgan fingerprint density at radius 1 is 1.24 bits per heavy atom. The molecule has 0 aliphatic carbocycles. The zero-order valence-electron chi connectivity index (χ0n) is 12.8. The zero-order valence-corrected chi connectivity index (χ0v) is 12.8. The quantitative estimate of drug-likeness (QED) is 0.867. The van der Waals surface area contributed by atoms with Crippen molar-refractivity contribution >= 4 is 12.0 Å². The first-order valence-electron chi connectivity index (χ1n) is 6.62. The van der Waals surface area contributed by atoms with Gasteiger partial charge in [0.15, 0.2) is 0 Å². The SMILES string of the molecule is CN(CC(=O)OC(C)(C)C)C(=O)NCc1ccc(F)cc1. The molecule has 1 aromatic carbocycles. The van der Waals surface area contributed by atoms with E-state index in [4.69, 9.17) is 4.74 Å². The van der Waals surface area contributed by atoms with Gasteiger partial charge in [-0.15, -0.1) is 0 Å². The van der Waals surface area contributed by atoms with E-state index in [-0.39, 0.29) is 18.9 Å². The topological polar surface area (TPSA) is 58.6 Å². The normalized spacial score (nSPS) is 10.9. The number of carbonyl (C=O) groups excluding carboxylic acids is 2. The Kier molecular flexibility index (Phi) is 5.69. The molecule has 0 unspecified atom stereocenters. The zero-order chi connectivity index (χ0) is 16.0. The number of nitrogens with one attached hydrogen (secondary N) is 1. The minimum atomic E-state index is -0.581. The van der Waals surface area contributed by atoms with Gasteiger partial charge in [0, 0.05) is 13.6 Å². The molecular formula is C15H21FN2O3. The first kappa shape index (κ1) is 16.9. The van der Waals surface area contributed by atoms with Crippen LogP contribution < -0.4 is 5.32 Å². The number of ether oxygens (including phenoxy) is 1. The number of halogens is 1. The van der Waals surface area contributed by atoms with Crippen molar-refractivity contribution in [3.63, 3.8) is 0 Å². The molecule has 0 radical (unpaired) electrons. The molecule has 21 heavy (non-hydrogen) atoms. The molecule has 1 rings (SSSR count). The highest BCUT2D eigenvalue weighted by molar-refractivity contribution is 5.80. The van der Waals surface area contributed by atoms with Gasteiger partial charge in [0.05, 0.1) is 0 Å². The smallest absolute Gasteiger partial charge is 0.326 e. The molecule has 0 aliphatic heterocycles. The standard InChI is InChI=1S/C15H21FN2O3/c1-15(2,3)21-13(19)10-18(4)14(20)17-9-11-5-7-12(16)8-6-11/h5-8H,9-10H2,1-4H3,(H,17,20). The third-order valence-electron chi connectivity index (χ3n) is 2.49. The van der Waals surface area contributed by atoms with Crippen LogP contribution in [0.4, 0.5) is 9.18 Å². The Morgan fingerprint density at radius 2 is 1.81 bits per heavy atom. The molecule has 5 nitrogen and oxygen atoms in total. The molecule has 0 bridgehead atoms. The molecule has 0 aromatic heterocycles. The van der Waals surface area contributed by atoms with E-state index in [9.17, 15) is 14.0 Å². The number of rotatable bonds is 4. The van der Waals surface area contributed by atoms with Gasteiger partial charge >= 0.3 is 12.0 Å². The first-order chi connectivity index (χ1) is 9.67. The summed E-state index contributed by atoms with van der Waals surface area (Å²) in [5, 5.41) is 2.64. The van der Waals surface area contributed by atoms with Gasteiger partial charge in [-0.3, -0.25) is 4.79 Å². The predicted molar refractivity (Wildman–Crippen MR) is 77.1 cm³/mol. The van der Waals surface area contributed by atoms with E-state index in [0.29, 0.717) is 0 Å². The number of likely N-dealkylation sites (N-methyl/N-ethyl adjacent to an activating group) is 1. The number of urea groups is 1. The third kappa shape index (κ3) is 6.74. The summed E-state index contributed by atoms with van der Waals surface area (Å²) >= 11 is 0. The van der Waals surface area contributed by atoms with Crippen LogP contribution in [0.3, 0.4) is 0 Å². The highest BCUT2D eigenvalue weighted by Gasteiger charge is 2.19. The Balaban J connectivity index is 2.40. The van der Waals surface area contributed by atoms with Gasteiger partial charge in [0.1, 0.15) is 18.0 Å². The van der Waals surface area contributed by atoms with Crippen LogP contribution in [0, 0.1) is 5.82 Å². The van der Waals surface area contributed by atoms with Crippen molar-refractivity contribution in [2.45, 2.75) is 32.9 Å². The first-order valence-corrected chi connectivity index (χ1v) is 6.62. The van der Waals surface area contributed by atoms with Crippen LogP contribution >= 0.6 is 0 Å². The fourth-order valence-electron chi connectivity index (χ4n) is 1.55. The second kappa shape index (κ2) is 7.06. The van der Waals surface area contributed by atoms with E-state index >= 15 is 0 Å². The van der Waals surface area contributed by atoms with Gasteiger partial charge in [-0.1, -0.05) is 12.1 Å². The van der Waals surface area contributed by atoms with E-state index in [1.165, 1.54) is 24.1 Å². The molecule has 116 valence electrons. The maximum absolute atomic E-state index is 12.7. The predicted octanol–water partition coefficient (Wildman–Crippen LogP) is 2.31. The molecule has 2 amide bonds. The summed E-state index contributed by atoms with van der Waals surface area (Å²) in [4.78, 5) is 24.7. The lowest BCUT2D eigenvalue weighted by Gasteiger charge is -2.22. The van der Waals surface area contributed by atoms with Crippen LogP contribution in [-0.4, -0.2) is 36.1 Å². The van der Waals surface area contributed by atoms with Gasteiger partial charge in [-0.25, -0.2) is 9.18 Å². The fraction of sp³-hybridized carbons (Fsp3) is 0.467. The summed E-state index contributed by atoms with van der Waals surface area (Å²) in [5.41, 5.74) is 0.193. The molecule has 0 fully saturated rings. The Hall–Kier alpha value is -2.11. The summed E-state index contributed by atoms with van der Waals surface area (Å²) in [6.07, 6.45) is 0. The number of hydrogen-bond acceptors (Lipinski definition) is 3. The van der Waals surface area contributed by atoms with Crippen molar-refractivity contribution in [3.05, 3.63) is 35.6 Å². The van der Waals surface area contributed by atoms with E-state index in [2.05, 4.69) is 5.32 Å². The van der Waals surface area contributed by atoms with Crippen LogP contribution in [0.1, 0.15) is 26.3 Å². The molecule has 0 saturated heterocycles. The Labute approximate surface area is 124 Å². The van der Waals surface area contributed by atoms with Crippen LogP contribution in [0.25, 0.3) is 0 Å². The number of amides is 2. The van der Waals surface area contributed by atoms with Crippen molar-refractivity contribution in [1.82, 2.24) is 10.2 Å². The summed E-state index contributed by atoms with van der Waals surface area (Å²) in [7, 11) is 1.50. The van der Waals surface area contributed by atoms with E-state index in [1.54, 1.807) is 32.9 Å². The number of hydrogen-bond donors (Lipinski definition) is 1. The Bertz CT molecular complexity index is 495. The number of carbonyl (C=O) groups is 2. The molecule has 1 aromatic rings. The highest BCUT2D eigenvalue weighted by Crippen LogP contribution is 2.07. The van der Waals surface area contributed by atoms with Crippen LogP contribution in [0.2, 0.25) is 0 Å². The number of benzene rings is 1. The van der Waals surface area contributed by atoms with Gasteiger partial charge in [0.2, 0.25) is 0 Å². The van der Waals surface area contributed by atoms with Gasteiger partial charge in [-0.05, 0) is 38.5 Å². The van der Waals surface area contributed by atoms with Gasteiger partial charge < -0.3 is 15.0 Å². The van der Waals surface area contributed by atoms with Gasteiger partial charge in [-0.2, -0.15) is 0 Å². The summed E-state index contributed by atoms with van der Waals surface area (Å²) < 4.78 is 17.9. The van der Waals surface area contributed by atoms with E-state index in [1.807, 2.05) is 0 Å². The average Bonchev–Trinajstić information content (AvgIpc) is 2.35. The molecule has 6 heteroatoms. The maximum atomic E-state index is 12.7. The molecule has 0 atom stereocenters. The molecular weight excluding hydrogens is 275 g/mol. The van der Waals surface area contributed by atoms with Crippen molar-refractivity contribution in [1.29, 1.82) is 0 Å². The molecule has 1 N–H and O–H groups in total. The molecule has 0 heterocycles. The second-order valence-electron chi connectivity index (χ2n) is 5.73. The lowest BCUT2D eigenvalue weighted by Crippen LogP contribution is -2.41. The second-order valence-corrected chi connectivity index (χ2v) is 5.73. The average molecular weight is 296 g/mol. The molecule has 0 spiro atoms.